The van der Waals surface area contributed by atoms with Gasteiger partial charge in [0.1, 0.15) is 17.2 Å². The summed E-state index contributed by atoms with van der Waals surface area (Å²) in [7, 11) is 1.21. The second kappa shape index (κ2) is 10.7. The molecule has 0 unspecified atom stereocenters. The third kappa shape index (κ3) is 5.60. The van der Waals surface area contributed by atoms with Crippen molar-refractivity contribution in [3.63, 3.8) is 0 Å². The van der Waals surface area contributed by atoms with Gasteiger partial charge in [-0.25, -0.2) is 14.4 Å². The number of nitrogens with one attached hydrogen (secondary N) is 1. The van der Waals surface area contributed by atoms with Crippen LogP contribution < -0.4 is 10.1 Å². The van der Waals surface area contributed by atoms with Crippen LogP contribution in [-0.4, -0.2) is 48.6 Å². The van der Waals surface area contributed by atoms with E-state index < -0.39 is 30.0 Å². The number of imide groups is 1. The summed E-state index contributed by atoms with van der Waals surface area (Å²) in [5.41, 5.74) is 0.291. The number of carbonyl (C=O) groups excluding carboxylic acids is 4. The Balaban J connectivity index is 1.86. The highest BCUT2D eigenvalue weighted by Gasteiger charge is 2.35. The third-order valence-corrected chi connectivity index (χ3v) is 5.38. The van der Waals surface area contributed by atoms with Crippen molar-refractivity contribution < 1.29 is 37.8 Å². The molecule has 1 aromatic heterocycles. The molecule has 0 saturated carbocycles. The summed E-state index contributed by atoms with van der Waals surface area (Å²) in [5, 5.41) is 2.81. The van der Waals surface area contributed by atoms with E-state index in [1.54, 1.807) is 13.0 Å². The number of carbonyl (C=O) groups is 4. The van der Waals surface area contributed by atoms with Crippen LogP contribution >= 0.6 is 27.5 Å². The van der Waals surface area contributed by atoms with Crippen LogP contribution in [0.4, 0.5) is 4.79 Å². The number of urea groups is 1. The molecule has 10 nitrogen and oxygen atoms in total. The molecule has 0 bridgehead atoms. The number of amides is 3. The Labute approximate surface area is 207 Å². The van der Waals surface area contributed by atoms with Crippen LogP contribution in [0.15, 0.2) is 38.9 Å². The maximum absolute atomic E-state index is 12.9. The zero-order valence-corrected chi connectivity index (χ0v) is 20.7. The van der Waals surface area contributed by atoms with Crippen molar-refractivity contribution in [2.45, 2.75) is 26.5 Å². The second-order valence-electron chi connectivity index (χ2n) is 6.96. The van der Waals surface area contributed by atoms with Crippen molar-refractivity contribution in [1.82, 2.24) is 10.2 Å². The van der Waals surface area contributed by atoms with Gasteiger partial charge < -0.3 is 23.9 Å². The number of esters is 2. The minimum Gasteiger partial charge on any atom is -0.477 e. The first-order valence-electron chi connectivity index (χ1n) is 9.98. The van der Waals surface area contributed by atoms with Crippen LogP contribution in [-0.2, 0) is 25.6 Å². The molecule has 1 aliphatic heterocycles. The van der Waals surface area contributed by atoms with Gasteiger partial charge in [-0.15, -0.1) is 0 Å². The molecule has 1 fully saturated rings. The number of hydrogen-bond donors (Lipinski definition) is 1. The van der Waals surface area contributed by atoms with Gasteiger partial charge in [-0.2, -0.15) is 0 Å². The van der Waals surface area contributed by atoms with Crippen LogP contribution in [0, 0.1) is 0 Å². The predicted molar refractivity (Wildman–Crippen MR) is 123 cm³/mol. The number of methoxy groups -OCH3 is 1. The molecule has 1 aromatic carbocycles. The van der Waals surface area contributed by atoms with E-state index in [9.17, 15) is 19.2 Å². The summed E-state index contributed by atoms with van der Waals surface area (Å²) >= 11 is 9.50. The molecule has 2 heterocycles. The molecule has 1 N–H and O–H groups in total. The quantitative estimate of drug-likeness (QED) is 0.295. The Morgan fingerprint density at radius 1 is 1.29 bits per heavy atom. The fourth-order valence-corrected chi connectivity index (χ4v) is 3.92. The molecule has 12 heteroatoms. The molecule has 34 heavy (non-hydrogen) atoms. The normalized spacial score (nSPS) is 15.3. The first-order valence-corrected chi connectivity index (χ1v) is 11.2. The number of nitrogens with zero attached hydrogens (tertiary/aromatic N) is 1. The van der Waals surface area contributed by atoms with E-state index in [-0.39, 0.29) is 36.1 Å². The molecule has 1 atom stereocenters. The van der Waals surface area contributed by atoms with Crippen molar-refractivity contribution in [2.75, 3.05) is 13.7 Å². The maximum Gasteiger partial charge on any atom is 0.373 e. The van der Waals surface area contributed by atoms with E-state index in [1.807, 2.05) is 0 Å². The predicted octanol–water partition coefficient (Wildman–Crippen LogP) is 3.91. The third-order valence-electron chi connectivity index (χ3n) is 4.57. The molecule has 1 saturated heterocycles. The molecule has 0 radical (unpaired) electrons. The van der Waals surface area contributed by atoms with E-state index in [0.29, 0.717) is 15.1 Å². The lowest BCUT2D eigenvalue weighted by Crippen LogP contribution is -2.30. The minimum absolute atomic E-state index is 0.0486. The molecule has 3 rings (SSSR count). The molecule has 0 aliphatic carbocycles. The van der Waals surface area contributed by atoms with Crippen molar-refractivity contribution >= 4 is 57.5 Å². The highest BCUT2D eigenvalue weighted by atomic mass is 79.9. The minimum atomic E-state index is -0.942. The van der Waals surface area contributed by atoms with E-state index in [1.165, 1.54) is 38.3 Å². The van der Waals surface area contributed by atoms with Gasteiger partial charge in [-0.05, 0) is 60.1 Å². The summed E-state index contributed by atoms with van der Waals surface area (Å²) in [6, 6.07) is 5.24. The first-order chi connectivity index (χ1) is 16.1. The Morgan fingerprint density at radius 3 is 2.71 bits per heavy atom. The van der Waals surface area contributed by atoms with E-state index in [2.05, 4.69) is 26.0 Å². The van der Waals surface area contributed by atoms with E-state index >= 15 is 0 Å². The molecule has 3 amide bonds. The highest BCUT2D eigenvalue weighted by molar-refractivity contribution is 9.10. The topological polar surface area (TPSA) is 124 Å². The highest BCUT2D eigenvalue weighted by Crippen LogP contribution is 2.35. The average Bonchev–Trinajstić information content (AvgIpc) is 3.36. The Hall–Kier alpha value is -3.31. The fourth-order valence-electron chi connectivity index (χ4n) is 3.00. The standard InChI is InChI=1S/C22H20BrClN2O8/c1-4-32-20(28)11(2)33-18-12(7-13(24)9-15(18)23)8-16-19(27)26(22(30)25-16)10-14-5-6-17(34-14)21(29)31-3/h5-9,11H,4,10H2,1-3H3,(H,25,30)/b16-8-/t11-/m1/s1. The van der Waals surface area contributed by atoms with Gasteiger partial charge in [-0.1, -0.05) is 11.6 Å². The number of rotatable bonds is 8. The molecule has 2 aromatic rings. The van der Waals surface area contributed by atoms with E-state index in [4.69, 9.17) is 25.5 Å². The number of ether oxygens (including phenoxy) is 3. The van der Waals surface area contributed by atoms with Crippen LogP contribution in [0.25, 0.3) is 6.08 Å². The lowest BCUT2D eigenvalue weighted by atomic mass is 10.1. The molecular formula is C22H20BrClN2O8. The van der Waals surface area contributed by atoms with Crippen molar-refractivity contribution in [3.05, 3.63) is 56.5 Å². The maximum atomic E-state index is 12.9. The SMILES string of the molecule is CCOC(=O)[C@@H](C)Oc1c(Br)cc(Cl)cc1/C=C1\NC(=O)N(Cc2ccc(C(=O)OC)o2)C1=O. The van der Waals surface area contributed by atoms with Gasteiger partial charge in [-0.3, -0.25) is 9.69 Å². The summed E-state index contributed by atoms with van der Waals surface area (Å²) in [6.07, 6.45) is 0.439. The lowest BCUT2D eigenvalue weighted by molar-refractivity contribution is -0.150. The van der Waals surface area contributed by atoms with Gasteiger partial charge in [0.2, 0.25) is 5.76 Å². The molecular weight excluding hydrogens is 536 g/mol. The van der Waals surface area contributed by atoms with Crippen LogP contribution in [0.2, 0.25) is 5.02 Å². The van der Waals surface area contributed by atoms with Gasteiger partial charge in [0.05, 0.1) is 24.7 Å². The monoisotopic (exact) mass is 554 g/mol. The molecule has 1 aliphatic rings. The number of benzene rings is 1. The number of hydrogen-bond acceptors (Lipinski definition) is 8. The molecule has 180 valence electrons. The smallest absolute Gasteiger partial charge is 0.373 e. The second-order valence-corrected chi connectivity index (χ2v) is 8.25. The van der Waals surface area contributed by atoms with Crippen LogP contribution in [0.5, 0.6) is 5.75 Å². The Morgan fingerprint density at radius 2 is 2.03 bits per heavy atom. The molecule has 0 spiro atoms. The van der Waals surface area contributed by atoms with E-state index in [0.717, 1.165) is 4.90 Å². The number of furan rings is 1. The first kappa shape index (κ1) is 25.3. The Bertz CT molecular complexity index is 1180. The lowest BCUT2D eigenvalue weighted by Gasteiger charge is -2.17. The van der Waals surface area contributed by atoms with Crippen LogP contribution in [0.3, 0.4) is 0 Å². The Kier molecular flexibility index (Phi) is 8.00. The van der Waals surface area contributed by atoms with Gasteiger partial charge >= 0.3 is 18.0 Å². The van der Waals surface area contributed by atoms with Gasteiger partial charge in [0, 0.05) is 10.6 Å². The zero-order chi connectivity index (χ0) is 25.0. The average molecular weight is 556 g/mol. The van der Waals surface area contributed by atoms with Crippen molar-refractivity contribution in [1.29, 1.82) is 0 Å². The fraction of sp³-hybridized carbons (Fsp3) is 0.273. The van der Waals surface area contributed by atoms with Gasteiger partial charge in [0.15, 0.2) is 6.10 Å². The largest absolute Gasteiger partial charge is 0.477 e. The summed E-state index contributed by atoms with van der Waals surface area (Å²) in [4.78, 5) is 49.8. The van der Waals surface area contributed by atoms with Crippen molar-refractivity contribution in [2.24, 2.45) is 0 Å². The summed E-state index contributed by atoms with van der Waals surface area (Å²) in [5.74, 6) is -1.50. The summed E-state index contributed by atoms with van der Waals surface area (Å²) in [6.45, 7) is 3.18. The van der Waals surface area contributed by atoms with Crippen LogP contribution in [0.1, 0.15) is 35.7 Å². The number of halogens is 2. The van der Waals surface area contributed by atoms with Gasteiger partial charge in [0.25, 0.3) is 5.91 Å². The van der Waals surface area contributed by atoms with Crippen molar-refractivity contribution in [3.8, 4) is 5.75 Å². The zero-order valence-electron chi connectivity index (χ0n) is 18.3. The summed E-state index contributed by atoms with van der Waals surface area (Å²) < 4.78 is 21.1.